The van der Waals surface area contributed by atoms with Gasteiger partial charge in [0.25, 0.3) is 0 Å². The summed E-state index contributed by atoms with van der Waals surface area (Å²) in [7, 11) is 1.57. The van der Waals surface area contributed by atoms with Crippen molar-refractivity contribution in [2.45, 2.75) is 13.0 Å². The van der Waals surface area contributed by atoms with Gasteiger partial charge in [-0.05, 0) is 42.8 Å². The smallest absolute Gasteiger partial charge is 0.143 e. The van der Waals surface area contributed by atoms with Gasteiger partial charge in [0, 0.05) is 17.3 Å². The van der Waals surface area contributed by atoms with Gasteiger partial charge in [-0.2, -0.15) is 0 Å². The number of hydrogen-bond donors (Lipinski definition) is 1. The Hall–Kier alpha value is -2.46. The minimum Gasteiger partial charge on any atom is -0.495 e. The highest BCUT2D eigenvalue weighted by Crippen LogP contribution is 2.29. The molecule has 0 aliphatic heterocycles. The highest BCUT2D eigenvalue weighted by molar-refractivity contribution is 5.79. The fraction of sp³-hybridized carbons (Fsp3) is 0.176. The maximum Gasteiger partial charge on any atom is 0.143 e. The topological polar surface area (TPSA) is 55.2 Å². The van der Waals surface area contributed by atoms with E-state index in [-0.39, 0.29) is 0 Å². The molecular weight excluding hydrogens is 264 g/mol. The van der Waals surface area contributed by atoms with Gasteiger partial charge in [-0.3, -0.25) is 9.97 Å². The third-order valence-corrected chi connectivity index (χ3v) is 3.45. The number of hydrogen-bond acceptors (Lipinski definition) is 4. The summed E-state index contributed by atoms with van der Waals surface area (Å²) < 4.78 is 5.26. The molecule has 0 bridgehead atoms. The Labute approximate surface area is 123 Å². The fourth-order valence-corrected chi connectivity index (χ4v) is 2.35. The number of rotatable bonds is 3. The van der Waals surface area contributed by atoms with Crippen LogP contribution in [0.3, 0.4) is 0 Å². The lowest BCUT2D eigenvalue weighted by atomic mass is 10.0. The predicted octanol–water partition coefficient (Wildman–Crippen LogP) is 3.03. The van der Waals surface area contributed by atoms with Gasteiger partial charge in [0.2, 0.25) is 0 Å². The van der Waals surface area contributed by atoms with Crippen LogP contribution in [-0.2, 0) is 0 Å². The van der Waals surface area contributed by atoms with Crippen LogP contribution < -0.4 is 4.74 Å². The van der Waals surface area contributed by atoms with Crippen LogP contribution >= 0.6 is 0 Å². The average Bonchev–Trinajstić information content (AvgIpc) is 2.53. The van der Waals surface area contributed by atoms with E-state index >= 15 is 0 Å². The number of pyridine rings is 2. The number of benzene rings is 1. The van der Waals surface area contributed by atoms with Crippen LogP contribution in [0.1, 0.15) is 23.1 Å². The number of aryl methyl sites for hydroxylation is 1. The third-order valence-electron chi connectivity index (χ3n) is 3.45. The van der Waals surface area contributed by atoms with Crippen LogP contribution in [0, 0.1) is 6.92 Å². The van der Waals surface area contributed by atoms with E-state index < -0.39 is 6.10 Å². The number of aliphatic hydroxyl groups is 1. The van der Waals surface area contributed by atoms with Crippen LogP contribution in [0.15, 0.2) is 48.7 Å². The maximum absolute atomic E-state index is 10.6. The Kier molecular flexibility index (Phi) is 3.54. The summed E-state index contributed by atoms with van der Waals surface area (Å²) in [5, 5.41) is 11.5. The second-order valence-corrected chi connectivity index (χ2v) is 4.90. The lowest BCUT2D eigenvalue weighted by Crippen LogP contribution is -2.04. The summed E-state index contributed by atoms with van der Waals surface area (Å²) in [5.41, 5.74) is 3.17. The monoisotopic (exact) mass is 280 g/mol. The molecule has 4 nitrogen and oxygen atoms in total. The molecule has 1 unspecified atom stereocenters. The number of aromatic nitrogens is 2. The van der Waals surface area contributed by atoms with Crippen LogP contribution in [0.2, 0.25) is 0 Å². The highest BCUT2D eigenvalue weighted by Gasteiger charge is 2.17. The van der Waals surface area contributed by atoms with Crippen molar-refractivity contribution >= 4 is 10.9 Å². The first kappa shape index (κ1) is 13.5. The number of methoxy groups -OCH3 is 1. The van der Waals surface area contributed by atoms with Crippen molar-refractivity contribution in [3.8, 4) is 5.75 Å². The molecule has 1 atom stereocenters. The zero-order valence-corrected chi connectivity index (χ0v) is 11.9. The van der Waals surface area contributed by atoms with E-state index in [4.69, 9.17) is 4.74 Å². The summed E-state index contributed by atoms with van der Waals surface area (Å²) in [6.07, 6.45) is 0.819. The minimum absolute atomic E-state index is 0.513. The Morgan fingerprint density at radius 1 is 1.14 bits per heavy atom. The maximum atomic E-state index is 10.6. The summed E-state index contributed by atoms with van der Waals surface area (Å²) in [6, 6.07) is 13.2. The standard InChI is InChI=1S/C17H16N2O2/c1-11-5-6-12-10-13(7-8-14(12)19-11)17(20)16-15(21-2)4-3-9-18-16/h3-10,17,20H,1-2H3. The van der Waals surface area contributed by atoms with E-state index in [2.05, 4.69) is 9.97 Å². The van der Waals surface area contributed by atoms with E-state index in [1.165, 1.54) is 0 Å². The first-order chi connectivity index (χ1) is 10.2. The molecule has 3 aromatic rings. The predicted molar refractivity (Wildman–Crippen MR) is 81.3 cm³/mol. The summed E-state index contributed by atoms with van der Waals surface area (Å²) in [4.78, 5) is 8.69. The molecule has 0 aliphatic rings. The fourth-order valence-electron chi connectivity index (χ4n) is 2.35. The number of nitrogens with zero attached hydrogens (tertiary/aromatic N) is 2. The largest absolute Gasteiger partial charge is 0.495 e. The molecule has 0 radical (unpaired) electrons. The van der Waals surface area contributed by atoms with Crippen molar-refractivity contribution < 1.29 is 9.84 Å². The SMILES string of the molecule is COc1cccnc1C(O)c1ccc2nc(C)ccc2c1. The van der Waals surface area contributed by atoms with Gasteiger partial charge in [-0.1, -0.05) is 12.1 Å². The Morgan fingerprint density at radius 3 is 2.81 bits per heavy atom. The molecule has 0 fully saturated rings. The molecule has 0 saturated heterocycles. The molecular formula is C17H16N2O2. The highest BCUT2D eigenvalue weighted by atomic mass is 16.5. The zero-order valence-electron chi connectivity index (χ0n) is 11.9. The van der Waals surface area contributed by atoms with Crippen molar-refractivity contribution in [1.82, 2.24) is 9.97 Å². The van der Waals surface area contributed by atoms with Gasteiger partial charge in [-0.15, -0.1) is 0 Å². The van der Waals surface area contributed by atoms with Gasteiger partial charge < -0.3 is 9.84 Å². The average molecular weight is 280 g/mol. The van der Waals surface area contributed by atoms with E-state index in [0.29, 0.717) is 11.4 Å². The van der Waals surface area contributed by atoms with Crippen molar-refractivity contribution in [2.24, 2.45) is 0 Å². The Morgan fingerprint density at radius 2 is 2.00 bits per heavy atom. The van der Waals surface area contributed by atoms with Crippen LogP contribution in [0.5, 0.6) is 5.75 Å². The molecule has 4 heteroatoms. The first-order valence-corrected chi connectivity index (χ1v) is 6.73. The van der Waals surface area contributed by atoms with Gasteiger partial charge in [0.15, 0.2) is 0 Å². The second-order valence-electron chi connectivity index (χ2n) is 4.90. The van der Waals surface area contributed by atoms with Gasteiger partial charge in [-0.25, -0.2) is 0 Å². The van der Waals surface area contributed by atoms with Crippen LogP contribution in [-0.4, -0.2) is 22.2 Å². The lowest BCUT2D eigenvalue weighted by Gasteiger charge is -2.14. The Bertz CT molecular complexity index is 787. The van der Waals surface area contributed by atoms with Crippen LogP contribution in [0.4, 0.5) is 0 Å². The molecule has 0 spiro atoms. The summed E-state index contributed by atoms with van der Waals surface area (Å²) in [6.45, 7) is 1.96. The van der Waals surface area contributed by atoms with Gasteiger partial charge >= 0.3 is 0 Å². The van der Waals surface area contributed by atoms with Crippen LogP contribution in [0.25, 0.3) is 10.9 Å². The molecule has 0 saturated carbocycles. The molecule has 2 heterocycles. The van der Waals surface area contributed by atoms with E-state index in [1.54, 1.807) is 25.4 Å². The quantitative estimate of drug-likeness (QED) is 0.801. The molecule has 1 aromatic carbocycles. The van der Waals surface area contributed by atoms with E-state index in [1.807, 2.05) is 37.3 Å². The molecule has 21 heavy (non-hydrogen) atoms. The van der Waals surface area contributed by atoms with Crippen molar-refractivity contribution in [1.29, 1.82) is 0 Å². The molecule has 2 aromatic heterocycles. The number of ether oxygens (including phenoxy) is 1. The molecule has 0 amide bonds. The molecule has 1 N–H and O–H groups in total. The van der Waals surface area contributed by atoms with E-state index in [0.717, 1.165) is 22.2 Å². The van der Waals surface area contributed by atoms with E-state index in [9.17, 15) is 5.11 Å². The molecule has 3 rings (SSSR count). The minimum atomic E-state index is -0.827. The summed E-state index contributed by atoms with van der Waals surface area (Å²) in [5.74, 6) is 0.576. The van der Waals surface area contributed by atoms with Crippen molar-refractivity contribution in [3.05, 3.63) is 65.6 Å². The van der Waals surface area contributed by atoms with Crippen molar-refractivity contribution in [2.75, 3.05) is 7.11 Å². The number of fused-ring (bicyclic) bond motifs is 1. The normalized spacial score (nSPS) is 12.3. The van der Waals surface area contributed by atoms with Gasteiger partial charge in [0.05, 0.1) is 12.6 Å². The van der Waals surface area contributed by atoms with Crippen molar-refractivity contribution in [3.63, 3.8) is 0 Å². The summed E-state index contributed by atoms with van der Waals surface area (Å²) >= 11 is 0. The second kappa shape index (κ2) is 5.50. The molecule has 106 valence electrons. The van der Waals surface area contributed by atoms with Gasteiger partial charge in [0.1, 0.15) is 17.5 Å². The molecule has 0 aliphatic carbocycles. The lowest BCUT2D eigenvalue weighted by molar-refractivity contribution is 0.209. The number of aliphatic hydroxyl groups excluding tert-OH is 1. The zero-order chi connectivity index (χ0) is 14.8. The Balaban J connectivity index is 2.05. The third kappa shape index (κ3) is 2.58. The first-order valence-electron chi connectivity index (χ1n) is 6.73.